The summed E-state index contributed by atoms with van der Waals surface area (Å²) in [5.74, 6) is 0.404. The molecule has 2 heterocycles. The van der Waals surface area contributed by atoms with Crippen molar-refractivity contribution in [2.24, 2.45) is 11.3 Å². The van der Waals surface area contributed by atoms with Gasteiger partial charge in [-0.1, -0.05) is 18.0 Å². The highest BCUT2D eigenvalue weighted by Crippen LogP contribution is 2.52. The van der Waals surface area contributed by atoms with E-state index in [1.54, 1.807) is 12.1 Å². The number of hydrogen-bond acceptors (Lipinski definition) is 6. The lowest BCUT2D eigenvalue weighted by molar-refractivity contribution is -0.0114. The van der Waals surface area contributed by atoms with Crippen LogP contribution in [0.15, 0.2) is 16.3 Å². The second-order valence-electron chi connectivity index (χ2n) is 8.22. The summed E-state index contributed by atoms with van der Waals surface area (Å²) in [6.45, 7) is 5.74. The van der Waals surface area contributed by atoms with Gasteiger partial charge in [0.25, 0.3) is 0 Å². The van der Waals surface area contributed by atoms with Crippen molar-refractivity contribution in [2.45, 2.75) is 42.4 Å². The molecular formula is C19H29ClN2O4S2. The van der Waals surface area contributed by atoms with E-state index in [2.05, 4.69) is 9.62 Å². The Balaban J connectivity index is 1.38. The molecule has 0 amide bonds. The molecule has 1 N–H and O–H groups in total. The van der Waals surface area contributed by atoms with Gasteiger partial charge >= 0.3 is 0 Å². The Morgan fingerprint density at radius 1 is 1.29 bits per heavy atom. The lowest BCUT2D eigenvalue weighted by Crippen LogP contribution is -2.51. The van der Waals surface area contributed by atoms with E-state index in [0.717, 1.165) is 76.3 Å². The summed E-state index contributed by atoms with van der Waals surface area (Å²) in [4.78, 5) is 2.36. The smallest absolute Gasteiger partial charge is 0.250 e. The highest BCUT2D eigenvalue weighted by Gasteiger charge is 2.52. The first kappa shape index (κ1) is 21.0. The zero-order valence-electron chi connectivity index (χ0n) is 16.1. The molecular weight excluding hydrogens is 420 g/mol. The molecule has 0 spiro atoms. The maximum absolute atomic E-state index is 12.9. The van der Waals surface area contributed by atoms with E-state index >= 15 is 0 Å². The van der Waals surface area contributed by atoms with Crippen molar-refractivity contribution in [1.82, 2.24) is 9.62 Å². The fourth-order valence-electron chi connectivity index (χ4n) is 5.02. The van der Waals surface area contributed by atoms with Crippen LogP contribution in [0.25, 0.3) is 0 Å². The van der Waals surface area contributed by atoms with E-state index in [1.807, 2.05) is 0 Å². The van der Waals surface area contributed by atoms with Crippen molar-refractivity contribution in [2.75, 3.05) is 46.1 Å². The Hall–Kier alpha value is -0.220. The number of hydrogen-bond donors (Lipinski definition) is 1. The van der Waals surface area contributed by atoms with Gasteiger partial charge in [-0.3, -0.25) is 4.90 Å². The largest absolute Gasteiger partial charge is 0.379 e. The van der Waals surface area contributed by atoms with Crippen LogP contribution in [0.4, 0.5) is 0 Å². The van der Waals surface area contributed by atoms with Crippen LogP contribution in [0.2, 0.25) is 4.34 Å². The molecule has 2 bridgehead atoms. The lowest BCUT2D eigenvalue weighted by atomic mass is 9.72. The maximum Gasteiger partial charge on any atom is 0.250 e. The molecule has 1 aromatic heterocycles. The number of fused-ring (bicyclic) bond motifs is 2. The topological polar surface area (TPSA) is 67.9 Å². The number of halogens is 1. The zero-order valence-corrected chi connectivity index (χ0v) is 18.5. The number of nitrogens with one attached hydrogen (secondary N) is 1. The van der Waals surface area contributed by atoms with Gasteiger partial charge in [0.2, 0.25) is 10.0 Å². The van der Waals surface area contributed by atoms with Gasteiger partial charge in [-0.25, -0.2) is 13.1 Å². The number of rotatable bonds is 8. The first-order valence-electron chi connectivity index (χ1n) is 10.1. The summed E-state index contributed by atoms with van der Waals surface area (Å²) in [5, 5.41) is 0. The fraction of sp³-hybridized carbons (Fsp3) is 0.789. The molecule has 1 aromatic rings. The van der Waals surface area contributed by atoms with Crippen LogP contribution in [0, 0.1) is 11.3 Å². The highest BCUT2D eigenvalue weighted by atomic mass is 35.5. The summed E-state index contributed by atoms with van der Waals surface area (Å²) < 4.78 is 41.1. The molecule has 28 heavy (non-hydrogen) atoms. The number of sulfonamides is 1. The molecule has 2 aliphatic carbocycles. The van der Waals surface area contributed by atoms with Crippen molar-refractivity contribution >= 4 is 33.0 Å². The molecule has 3 atom stereocenters. The molecule has 1 aliphatic heterocycles. The Morgan fingerprint density at radius 2 is 2.11 bits per heavy atom. The van der Waals surface area contributed by atoms with Gasteiger partial charge in [-0.15, -0.1) is 11.3 Å². The van der Waals surface area contributed by atoms with Crippen LogP contribution in [0.3, 0.4) is 0 Å². The molecule has 0 radical (unpaired) electrons. The van der Waals surface area contributed by atoms with Gasteiger partial charge in [0.05, 0.1) is 30.8 Å². The minimum atomic E-state index is -3.54. The molecule has 0 unspecified atom stereocenters. The monoisotopic (exact) mass is 448 g/mol. The molecule has 6 nitrogen and oxygen atoms in total. The van der Waals surface area contributed by atoms with Crippen molar-refractivity contribution in [1.29, 1.82) is 0 Å². The minimum Gasteiger partial charge on any atom is -0.379 e. The van der Waals surface area contributed by atoms with E-state index in [9.17, 15) is 8.42 Å². The third kappa shape index (κ3) is 4.58. The van der Waals surface area contributed by atoms with Gasteiger partial charge in [-0.2, -0.15) is 0 Å². The molecule has 158 valence electrons. The van der Waals surface area contributed by atoms with Gasteiger partial charge in [0, 0.05) is 31.1 Å². The van der Waals surface area contributed by atoms with Crippen molar-refractivity contribution in [3.63, 3.8) is 0 Å². The predicted molar refractivity (Wildman–Crippen MR) is 111 cm³/mol. The standard InChI is InChI=1S/C19H29ClN2O4S2/c20-16-3-4-17(27-16)28(23,24)21-18-15-2-1-6-19(18,7-5-15)14-26-13-10-22-8-11-25-12-9-22/h3-4,15,18,21H,1-2,5-14H2/t15-,18+,19+/m0/s1. The molecule has 3 aliphatic rings. The second kappa shape index (κ2) is 8.88. The van der Waals surface area contributed by atoms with Crippen LogP contribution >= 0.6 is 22.9 Å². The summed E-state index contributed by atoms with van der Waals surface area (Å²) in [5.41, 5.74) is -0.0813. The summed E-state index contributed by atoms with van der Waals surface area (Å²) in [6, 6.07) is 3.18. The second-order valence-corrected chi connectivity index (χ2v) is 11.9. The van der Waals surface area contributed by atoms with E-state index in [4.69, 9.17) is 21.1 Å². The first-order chi connectivity index (χ1) is 13.5. The molecule has 0 aromatic carbocycles. The first-order valence-corrected chi connectivity index (χ1v) is 12.8. The average Bonchev–Trinajstić information content (AvgIpc) is 3.19. The van der Waals surface area contributed by atoms with Gasteiger partial charge in [0.1, 0.15) is 4.21 Å². The highest BCUT2D eigenvalue weighted by molar-refractivity contribution is 7.91. The van der Waals surface area contributed by atoms with Gasteiger partial charge < -0.3 is 9.47 Å². The Labute approximate surface area is 176 Å². The maximum atomic E-state index is 12.9. The molecule has 3 fully saturated rings. The molecule has 9 heteroatoms. The van der Waals surface area contributed by atoms with Gasteiger partial charge in [0.15, 0.2) is 0 Å². The van der Waals surface area contributed by atoms with Crippen molar-refractivity contribution in [3.05, 3.63) is 16.5 Å². The third-order valence-corrected chi connectivity index (χ3v) is 9.70. The minimum absolute atomic E-state index is 0.0458. The van der Waals surface area contributed by atoms with Crippen LogP contribution in [-0.4, -0.2) is 65.4 Å². The third-order valence-electron chi connectivity index (χ3n) is 6.53. The van der Waals surface area contributed by atoms with Crippen LogP contribution in [-0.2, 0) is 19.5 Å². The average molecular weight is 449 g/mol. The Bertz CT molecular complexity index is 762. The van der Waals surface area contributed by atoms with Crippen molar-refractivity contribution < 1.29 is 17.9 Å². The van der Waals surface area contributed by atoms with Crippen LogP contribution in [0.5, 0.6) is 0 Å². The molecule has 2 saturated carbocycles. The number of thiophene rings is 1. The summed E-state index contributed by atoms with van der Waals surface area (Å²) in [7, 11) is -3.54. The van der Waals surface area contributed by atoms with Crippen LogP contribution < -0.4 is 4.72 Å². The normalized spacial score (nSPS) is 31.3. The quantitative estimate of drug-likeness (QED) is 0.619. The summed E-state index contributed by atoms with van der Waals surface area (Å²) >= 11 is 7.06. The SMILES string of the molecule is O=S(=O)(N[C@@H]1[C@H]2CCC[C@]1(COCCN1CCOCC1)CC2)c1ccc(Cl)s1. The van der Waals surface area contributed by atoms with E-state index in [0.29, 0.717) is 27.7 Å². The Morgan fingerprint density at radius 3 is 2.86 bits per heavy atom. The lowest BCUT2D eigenvalue weighted by Gasteiger charge is -2.41. The van der Waals surface area contributed by atoms with E-state index < -0.39 is 10.0 Å². The summed E-state index contributed by atoms with van der Waals surface area (Å²) in [6.07, 6.45) is 5.38. The van der Waals surface area contributed by atoms with Crippen molar-refractivity contribution in [3.8, 4) is 0 Å². The van der Waals surface area contributed by atoms with Gasteiger partial charge in [-0.05, 0) is 43.7 Å². The van der Waals surface area contributed by atoms with E-state index in [-0.39, 0.29) is 11.5 Å². The Kier molecular flexibility index (Phi) is 6.67. The zero-order chi connectivity index (χ0) is 19.6. The van der Waals surface area contributed by atoms with E-state index in [1.165, 1.54) is 0 Å². The number of nitrogens with zero attached hydrogens (tertiary/aromatic N) is 1. The number of morpholine rings is 1. The predicted octanol–water partition coefficient (Wildman–Crippen LogP) is 2.98. The fourth-order valence-corrected chi connectivity index (χ4v) is 7.93. The molecule has 4 rings (SSSR count). The van der Waals surface area contributed by atoms with Crippen LogP contribution in [0.1, 0.15) is 32.1 Å². The molecule has 1 saturated heterocycles. The number of ether oxygens (including phenoxy) is 2.